The molecule has 1 aromatic carbocycles. The molecule has 0 aliphatic rings. The predicted octanol–water partition coefficient (Wildman–Crippen LogP) is 4.45. The summed E-state index contributed by atoms with van der Waals surface area (Å²) in [6.07, 6.45) is -2.96. The number of hydrogen-bond donors (Lipinski definition) is 1. The van der Waals surface area contributed by atoms with E-state index in [2.05, 4.69) is 15.5 Å². The number of anilines is 1. The number of nitrogens with one attached hydrogen (secondary N) is 1. The number of carbonyl (C=O) groups is 1. The van der Waals surface area contributed by atoms with E-state index in [1.165, 1.54) is 6.92 Å². The largest absolute Gasteiger partial charge is 0.436 e. The standard InChI is InChI=1S/C19H19ClF3N5O/c1-12-5-3-4-6-14(12)11-27-9-7-15(25-27)24-16(29)8-10-28-13(2)17(20)18(26-28)19(21,22)23/h3-7,9H,8,10-11H2,1-2H3,(H,24,25,29). The lowest BCUT2D eigenvalue weighted by atomic mass is 10.1. The van der Waals surface area contributed by atoms with Gasteiger partial charge in [0.2, 0.25) is 5.91 Å². The smallest absolute Gasteiger partial charge is 0.309 e. The normalized spacial score (nSPS) is 11.7. The topological polar surface area (TPSA) is 64.7 Å². The van der Waals surface area contributed by atoms with Crippen LogP contribution in [0.5, 0.6) is 0 Å². The summed E-state index contributed by atoms with van der Waals surface area (Å²) >= 11 is 5.71. The van der Waals surface area contributed by atoms with Crippen molar-refractivity contribution >= 4 is 23.3 Å². The van der Waals surface area contributed by atoms with Gasteiger partial charge in [-0.1, -0.05) is 35.9 Å². The van der Waals surface area contributed by atoms with E-state index in [9.17, 15) is 18.0 Å². The van der Waals surface area contributed by atoms with Gasteiger partial charge in [0, 0.05) is 18.7 Å². The molecule has 0 unspecified atom stereocenters. The first-order valence-electron chi connectivity index (χ1n) is 8.83. The molecule has 10 heteroatoms. The fourth-order valence-corrected chi connectivity index (χ4v) is 3.06. The molecule has 0 bridgehead atoms. The Morgan fingerprint density at radius 2 is 1.90 bits per heavy atom. The summed E-state index contributed by atoms with van der Waals surface area (Å²) in [4.78, 5) is 12.2. The second kappa shape index (κ2) is 8.28. The van der Waals surface area contributed by atoms with Gasteiger partial charge in [0.05, 0.1) is 23.8 Å². The Labute approximate surface area is 170 Å². The van der Waals surface area contributed by atoms with Crippen molar-refractivity contribution < 1.29 is 18.0 Å². The summed E-state index contributed by atoms with van der Waals surface area (Å²) in [5.41, 5.74) is 1.27. The van der Waals surface area contributed by atoms with Crippen LogP contribution in [0.1, 0.15) is 28.9 Å². The van der Waals surface area contributed by atoms with Crippen molar-refractivity contribution in [3.8, 4) is 0 Å². The first-order valence-corrected chi connectivity index (χ1v) is 9.21. The molecule has 0 saturated heterocycles. The van der Waals surface area contributed by atoms with Crippen LogP contribution in [0.3, 0.4) is 0 Å². The molecule has 3 rings (SSSR count). The van der Waals surface area contributed by atoms with E-state index in [-0.39, 0.29) is 24.6 Å². The molecule has 1 N–H and O–H groups in total. The number of aromatic nitrogens is 4. The van der Waals surface area contributed by atoms with Gasteiger partial charge in [0.25, 0.3) is 0 Å². The van der Waals surface area contributed by atoms with Gasteiger partial charge in [-0.2, -0.15) is 23.4 Å². The molecule has 29 heavy (non-hydrogen) atoms. The van der Waals surface area contributed by atoms with Crippen molar-refractivity contribution in [3.63, 3.8) is 0 Å². The van der Waals surface area contributed by atoms with E-state index in [4.69, 9.17) is 11.6 Å². The molecule has 0 atom stereocenters. The third kappa shape index (κ3) is 4.97. The van der Waals surface area contributed by atoms with Crippen molar-refractivity contribution in [1.29, 1.82) is 0 Å². The maximum atomic E-state index is 12.9. The van der Waals surface area contributed by atoms with Crippen LogP contribution >= 0.6 is 11.6 Å². The molecule has 0 aliphatic heterocycles. The zero-order chi connectivity index (χ0) is 21.2. The molecule has 0 spiro atoms. The maximum absolute atomic E-state index is 12.9. The lowest BCUT2D eigenvalue weighted by Crippen LogP contribution is -2.16. The molecule has 0 radical (unpaired) electrons. The minimum absolute atomic E-state index is 0.0304. The molecule has 2 heterocycles. The van der Waals surface area contributed by atoms with Crippen molar-refractivity contribution in [2.24, 2.45) is 0 Å². The fourth-order valence-electron chi connectivity index (χ4n) is 2.81. The lowest BCUT2D eigenvalue weighted by molar-refractivity contribution is -0.141. The summed E-state index contributed by atoms with van der Waals surface area (Å²) in [6, 6.07) is 9.58. The second-order valence-electron chi connectivity index (χ2n) is 6.59. The molecule has 6 nitrogen and oxygen atoms in total. The van der Waals surface area contributed by atoms with Gasteiger partial charge in [-0.3, -0.25) is 14.2 Å². The highest BCUT2D eigenvalue weighted by atomic mass is 35.5. The Morgan fingerprint density at radius 3 is 2.55 bits per heavy atom. The van der Waals surface area contributed by atoms with Gasteiger partial charge in [-0.25, -0.2) is 0 Å². The van der Waals surface area contributed by atoms with Gasteiger partial charge in [-0.15, -0.1) is 0 Å². The SMILES string of the molecule is Cc1ccccc1Cn1ccc(NC(=O)CCn2nc(C(F)(F)F)c(Cl)c2C)n1. The zero-order valence-electron chi connectivity index (χ0n) is 15.8. The summed E-state index contributed by atoms with van der Waals surface area (Å²) in [5.74, 6) is -0.0134. The van der Waals surface area contributed by atoms with E-state index >= 15 is 0 Å². The third-order valence-electron chi connectivity index (χ3n) is 4.45. The highest BCUT2D eigenvalue weighted by molar-refractivity contribution is 6.31. The van der Waals surface area contributed by atoms with Gasteiger partial charge in [-0.05, 0) is 25.0 Å². The Hall–Kier alpha value is -2.81. The van der Waals surface area contributed by atoms with E-state index < -0.39 is 16.9 Å². The van der Waals surface area contributed by atoms with Crippen molar-refractivity contribution in [2.75, 3.05) is 5.32 Å². The molecule has 154 valence electrons. The van der Waals surface area contributed by atoms with Crippen LogP contribution in [-0.2, 0) is 24.1 Å². The van der Waals surface area contributed by atoms with Crippen LogP contribution < -0.4 is 5.32 Å². The Morgan fingerprint density at radius 1 is 1.17 bits per heavy atom. The van der Waals surface area contributed by atoms with E-state index in [0.717, 1.165) is 15.8 Å². The zero-order valence-corrected chi connectivity index (χ0v) is 16.6. The molecule has 0 saturated carbocycles. The Bertz CT molecular complexity index is 1030. The minimum Gasteiger partial charge on any atom is -0.309 e. The molecule has 1 amide bonds. The van der Waals surface area contributed by atoms with Crippen LogP contribution in [0, 0.1) is 13.8 Å². The molecule has 0 aliphatic carbocycles. The highest BCUT2D eigenvalue weighted by Crippen LogP contribution is 2.35. The second-order valence-corrected chi connectivity index (χ2v) is 6.97. The van der Waals surface area contributed by atoms with Gasteiger partial charge in [0.15, 0.2) is 11.5 Å². The number of amides is 1. The van der Waals surface area contributed by atoms with E-state index in [1.807, 2.05) is 31.2 Å². The third-order valence-corrected chi connectivity index (χ3v) is 4.91. The van der Waals surface area contributed by atoms with Gasteiger partial charge >= 0.3 is 6.18 Å². The number of carbonyl (C=O) groups excluding carboxylic acids is 1. The van der Waals surface area contributed by atoms with Gasteiger partial charge < -0.3 is 5.32 Å². The first-order chi connectivity index (χ1) is 13.6. The van der Waals surface area contributed by atoms with Crippen LogP contribution in [-0.4, -0.2) is 25.5 Å². The van der Waals surface area contributed by atoms with Crippen LogP contribution in [0.2, 0.25) is 5.02 Å². The number of rotatable bonds is 6. The summed E-state index contributed by atoms with van der Waals surface area (Å²) in [7, 11) is 0. The molecule has 2 aromatic heterocycles. The number of halogens is 4. The van der Waals surface area contributed by atoms with Gasteiger partial charge in [0.1, 0.15) is 0 Å². The highest BCUT2D eigenvalue weighted by Gasteiger charge is 2.38. The summed E-state index contributed by atoms with van der Waals surface area (Å²) in [5, 5.41) is 9.97. The molecular weight excluding hydrogens is 407 g/mol. The average molecular weight is 426 g/mol. The summed E-state index contributed by atoms with van der Waals surface area (Å²) in [6.45, 7) is 3.97. The number of benzene rings is 1. The number of aryl methyl sites for hydroxylation is 2. The van der Waals surface area contributed by atoms with Crippen molar-refractivity contribution in [1.82, 2.24) is 19.6 Å². The molecular formula is C19H19ClF3N5O. The fraction of sp³-hybridized carbons (Fsp3) is 0.316. The van der Waals surface area contributed by atoms with Crippen LogP contribution in [0.4, 0.5) is 19.0 Å². The first kappa shape index (κ1) is 20.9. The van der Waals surface area contributed by atoms with Crippen LogP contribution in [0.25, 0.3) is 0 Å². The maximum Gasteiger partial charge on any atom is 0.436 e. The van der Waals surface area contributed by atoms with Crippen molar-refractivity contribution in [2.45, 2.75) is 39.5 Å². The number of nitrogens with zero attached hydrogens (tertiary/aromatic N) is 4. The predicted molar refractivity (Wildman–Crippen MR) is 103 cm³/mol. The van der Waals surface area contributed by atoms with Crippen molar-refractivity contribution in [3.05, 3.63) is 64.1 Å². The number of hydrogen-bond acceptors (Lipinski definition) is 3. The van der Waals surface area contributed by atoms with E-state index in [0.29, 0.717) is 12.4 Å². The monoisotopic (exact) mass is 425 g/mol. The lowest BCUT2D eigenvalue weighted by Gasteiger charge is -2.06. The molecule has 3 aromatic rings. The van der Waals surface area contributed by atoms with E-state index in [1.54, 1.807) is 16.9 Å². The quantitative estimate of drug-likeness (QED) is 0.634. The minimum atomic E-state index is -4.64. The summed E-state index contributed by atoms with van der Waals surface area (Å²) < 4.78 is 41.4. The Balaban J connectivity index is 1.58. The Kier molecular flexibility index (Phi) is 5.97. The number of alkyl halides is 3. The van der Waals surface area contributed by atoms with Crippen LogP contribution in [0.15, 0.2) is 36.5 Å². The molecule has 0 fully saturated rings. The average Bonchev–Trinajstić information content (AvgIpc) is 3.20.